The lowest BCUT2D eigenvalue weighted by Crippen LogP contribution is -2.40. The van der Waals surface area contributed by atoms with Crippen molar-refractivity contribution in [1.29, 1.82) is 0 Å². The Morgan fingerprint density at radius 3 is 2.58 bits per heavy atom. The number of halogens is 1. The predicted molar refractivity (Wildman–Crippen MR) is 98.9 cm³/mol. The third-order valence-corrected chi connectivity index (χ3v) is 5.67. The number of sulfonamides is 1. The first-order valence-corrected chi connectivity index (χ1v) is 10.3. The molecule has 7 heteroatoms. The smallest absolute Gasteiger partial charge is 0.232 e. The second-order valence-corrected chi connectivity index (χ2v) is 8.34. The third kappa shape index (κ3) is 4.22. The molecule has 3 rings (SSSR count). The number of fused-ring (bicyclic) bond motifs is 1. The molecule has 0 fully saturated rings. The first-order chi connectivity index (χ1) is 12.3. The largest absolute Gasteiger partial charge is 0.349 e. The molecule has 1 N–H and O–H groups in total. The third-order valence-electron chi connectivity index (χ3n) is 4.49. The van der Waals surface area contributed by atoms with Crippen LogP contribution < -0.4 is 9.62 Å². The van der Waals surface area contributed by atoms with Gasteiger partial charge in [-0.2, -0.15) is 0 Å². The number of para-hydroxylation sites is 1. The van der Waals surface area contributed by atoms with Crippen LogP contribution in [0.2, 0.25) is 0 Å². The first kappa shape index (κ1) is 18.4. The van der Waals surface area contributed by atoms with Crippen LogP contribution in [0, 0.1) is 5.82 Å². The molecule has 138 valence electrons. The Balaban J connectivity index is 1.68. The molecule has 0 bridgehead atoms. The average Bonchev–Trinajstić information content (AvgIpc) is 2.60. The zero-order valence-corrected chi connectivity index (χ0v) is 15.3. The number of carbonyl (C=O) groups is 1. The van der Waals surface area contributed by atoms with Gasteiger partial charge in [0.05, 0.1) is 18.0 Å². The second kappa shape index (κ2) is 7.45. The minimum absolute atomic E-state index is 0.109. The summed E-state index contributed by atoms with van der Waals surface area (Å²) in [4.78, 5) is 12.3. The Kier molecular flexibility index (Phi) is 5.27. The average molecular weight is 376 g/mol. The van der Waals surface area contributed by atoms with Crippen LogP contribution in [0.3, 0.4) is 0 Å². The highest BCUT2D eigenvalue weighted by atomic mass is 32.2. The van der Waals surface area contributed by atoms with Crippen molar-refractivity contribution in [3.05, 3.63) is 65.5 Å². The van der Waals surface area contributed by atoms with Crippen LogP contribution in [-0.4, -0.2) is 27.1 Å². The molecule has 1 heterocycles. The lowest BCUT2D eigenvalue weighted by Gasteiger charge is -2.34. The van der Waals surface area contributed by atoms with Gasteiger partial charge >= 0.3 is 0 Å². The lowest BCUT2D eigenvalue weighted by atomic mass is 9.97. The van der Waals surface area contributed by atoms with Crippen molar-refractivity contribution in [3.8, 4) is 0 Å². The van der Waals surface area contributed by atoms with Crippen LogP contribution in [0.4, 0.5) is 10.1 Å². The van der Waals surface area contributed by atoms with E-state index in [1.165, 1.54) is 22.7 Å². The van der Waals surface area contributed by atoms with Gasteiger partial charge in [-0.05, 0) is 42.2 Å². The quantitative estimate of drug-likeness (QED) is 0.873. The normalized spacial score (nSPS) is 16.8. The van der Waals surface area contributed by atoms with E-state index in [1.807, 2.05) is 12.1 Å². The van der Waals surface area contributed by atoms with Gasteiger partial charge in [-0.25, -0.2) is 12.8 Å². The fourth-order valence-corrected chi connectivity index (χ4v) is 4.16. The summed E-state index contributed by atoms with van der Waals surface area (Å²) < 4.78 is 38.2. The van der Waals surface area contributed by atoms with Gasteiger partial charge in [-0.1, -0.05) is 30.3 Å². The number of anilines is 1. The van der Waals surface area contributed by atoms with Gasteiger partial charge in [0.1, 0.15) is 5.82 Å². The van der Waals surface area contributed by atoms with Gasteiger partial charge in [-0.15, -0.1) is 0 Å². The minimum atomic E-state index is -3.35. The highest BCUT2D eigenvalue weighted by Crippen LogP contribution is 2.35. The van der Waals surface area contributed by atoms with Gasteiger partial charge in [0.15, 0.2) is 0 Å². The molecule has 5 nitrogen and oxygen atoms in total. The molecule has 0 aromatic heterocycles. The van der Waals surface area contributed by atoms with Gasteiger partial charge in [0.2, 0.25) is 15.9 Å². The number of nitrogens with one attached hydrogen (secondary N) is 1. The summed E-state index contributed by atoms with van der Waals surface area (Å²) >= 11 is 0. The highest BCUT2D eigenvalue weighted by Gasteiger charge is 2.30. The van der Waals surface area contributed by atoms with Crippen molar-refractivity contribution in [2.45, 2.75) is 25.3 Å². The van der Waals surface area contributed by atoms with Crippen LogP contribution in [0.25, 0.3) is 0 Å². The lowest BCUT2D eigenvalue weighted by molar-refractivity contribution is -0.121. The molecule has 0 saturated heterocycles. The highest BCUT2D eigenvalue weighted by molar-refractivity contribution is 7.92. The van der Waals surface area contributed by atoms with Crippen LogP contribution in [-0.2, 0) is 21.2 Å². The molecule has 0 radical (unpaired) electrons. The number of nitrogens with zero attached hydrogens (tertiary/aromatic N) is 1. The molecule has 1 unspecified atom stereocenters. The van der Waals surface area contributed by atoms with Gasteiger partial charge in [0, 0.05) is 13.0 Å². The van der Waals surface area contributed by atoms with Crippen LogP contribution in [0.1, 0.15) is 30.0 Å². The van der Waals surface area contributed by atoms with Crippen molar-refractivity contribution in [2.75, 3.05) is 17.1 Å². The zero-order chi connectivity index (χ0) is 18.7. The zero-order valence-electron chi connectivity index (χ0n) is 14.5. The second-order valence-electron chi connectivity index (χ2n) is 6.43. The van der Waals surface area contributed by atoms with E-state index in [9.17, 15) is 17.6 Å². The monoisotopic (exact) mass is 376 g/mol. The van der Waals surface area contributed by atoms with E-state index in [4.69, 9.17) is 0 Å². The molecule has 1 aliphatic heterocycles. The number of rotatable bonds is 5. The van der Waals surface area contributed by atoms with E-state index in [0.29, 0.717) is 31.5 Å². The Morgan fingerprint density at radius 2 is 1.88 bits per heavy atom. The number of benzene rings is 2. The maximum Gasteiger partial charge on any atom is 0.232 e. The fourth-order valence-electron chi connectivity index (χ4n) is 3.20. The summed E-state index contributed by atoms with van der Waals surface area (Å²) in [6, 6.07) is 13.1. The van der Waals surface area contributed by atoms with Gasteiger partial charge in [0.25, 0.3) is 0 Å². The number of hydrogen-bond donors (Lipinski definition) is 1. The Bertz CT molecular complexity index is 897. The van der Waals surface area contributed by atoms with Crippen LogP contribution in [0.15, 0.2) is 48.5 Å². The number of aryl methyl sites for hydroxylation is 1. The number of hydrogen-bond acceptors (Lipinski definition) is 3. The van der Waals surface area contributed by atoms with Gasteiger partial charge < -0.3 is 5.32 Å². The molecule has 26 heavy (non-hydrogen) atoms. The summed E-state index contributed by atoms with van der Waals surface area (Å²) in [5, 5.41) is 2.99. The van der Waals surface area contributed by atoms with Crippen LogP contribution >= 0.6 is 0 Å². The molecule has 1 aliphatic rings. The van der Waals surface area contributed by atoms with Crippen molar-refractivity contribution >= 4 is 21.6 Å². The Morgan fingerprint density at radius 1 is 1.19 bits per heavy atom. The van der Waals surface area contributed by atoms with E-state index in [1.54, 1.807) is 24.3 Å². The summed E-state index contributed by atoms with van der Waals surface area (Å²) in [5.41, 5.74) is 2.32. The Hall–Kier alpha value is -2.41. The minimum Gasteiger partial charge on any atom is -0.349 e. The predicted octanol–water partition coefficient (Wildman–Crippen LogP) is 2.79. The van der Waals surface area contributed by atoms with Crippen molar-refractivity contribution in [1.82, 2.24) is 5.32 Å². The van der Waals surface area contributed by atoms with Gasteiger partial charge in [-0.3, -0.25) is 9.10 Å². The van der Waals surface area contributed by atoms with E-state index < -0.39 is 10.0 Å². The standard InChI is InChI=1S/C19H21FN2O3S/c1-26(24,25)22-13-12-17(16-4-2-3-5-18(16)22)21-19(23)11-8-14-6-9-15(20)10-7-14/h2-7,9-10,17H,8,11-13H2,1H3,(H,21,23). The van der Waals surface area contributed by atoms with E-state index >= 15 is 0 Å². The summed E-state index contributed by atoms with van der Waals surface area (Å²) in [5.74, 6) is -0.408. The number of carbonyl (C=O) groups excluding carboxylic acids is 1. The molecule has 2 aromatic carbocycles. The summed E-state index contributed by atoms with van der Waals surface area (Å²) in [6.45, 7) is 0.332. The molecule has 1 atom stereocenters. The van der Waals surface area contributed by atoms with E-state index in [-0.39, 0.29) is 17.8 Å². The first-order valence-electron chi connectivity index (χ1n) is 8.45. The SMILES string of the molecule is CS(=O)(=O)N1CCC(NC(=O)CCc2ccc(F)cc2)c2ccccc21. The summed E-state index contributed by atoms with van der Waals surface area (Å²) in [7, 11) is -3.35. The maximum absolute atomic E-state index is 12.9. The number of amides is 1. The fraction of sp³-hybridized carbons (Fsp3) is 0.316. The molecule has 1 amide bonds. The molecule has 0 aliphatic carbocycles. The van der Waals surface area contributed by atoms with E-state index in [0.717, 1.165) is 11.1 Å². The van der Waals surface area contributed by atoms with Crippen molar-refractivity contribution < 1.29 is 17.6 Å². The van der Waals surface area contributed by atoms with E-state index in [2.05, 4.69) is 5.32 Å². The van der Waals surface area contributed by atoms with Crippen molar-refractivity contribution in [2.24, 2.45) is 0 Å². The Labute approximate surface area is 152 Å². The van der Waals surface area contributed by atoms with Crippen molar-refractivity contribution in [3.63, 3.8) is 0 Å². The molecule has 2 aromatic rings. The van der Waals surface area contributed by atoms with Crippen LogP contribution in [0.5, 0.6) is 0 Å². The molecular weight excluding hydrogens is 355 g/mol. The summed E-state index contributed by atoms with van der Waals surface area (Å²) in [6.07, 6.45) is 2.52. The molecular formula is C19H21FN2O3S. The topological polar surface area (TPSA) is 66.5 Å². The molecule has 0 saturated carbocycles. The maximum atomic E-state index is 12.9. The molecule has 0 spiro atoms.